The number of benzene rings is 2. The van der Waals surface area contributed by atoms with E-state index in [2.05, 4.69) is 0 Å². The second kappa shape index (κ2) is 4.92. The van der Waals surface area contributed by atoms with Crippen molar-refractivity contribution in [2.45, 2.75) is 26.7 Å². The lowest BCUT2D eigenvalue weighted by Crippen LogP contribution is -1.92. The molecule has 100 valence electrons. The zero-order valence-corrected chi connectivity index (χ0v) is 11.2. The first-order valence-electron chi connectivity index (χ1n) is 6.22. The number of hydrogen-bond acceptors (Lipinski definition) is 2. The van der Waals surface area contributed by atoms with Gasteiger partial charge in [0.25, 0.3) is 0 Å². The predicted molar refractivity (Wildman–Crippen MR) is 74.0 cm³/mol. The summed E-state index contributed by atoms with van der Waals surface area (Å²) in [6.07, 6.45) is 0. The van der Waals surface area contributed by atoms with E-state index in [9.17, 15) is 14.6 Å². The molecule has 0 aliphatic carbocycles. The van der Waals surface area contributed by atoms with Gasteiger partial charge in [0.2, 0.25) is 0 Å². The Bertz CT molecular complexity index is 618. The fraction of sp³-hybridized carbons (Fsp3) is 0.250. The number of rotatable bonds is 2. The minimum Gasteiger partial charge on any atom is -0.508 e. The molecule has 0 heterocycles. The van der Waals surface area contributed by atoms with Gasteiger partial charge in [-0.25, -0.2) is 4.39 Å². The van der Waals surface area contributed by atoms with Crippen LogP contribution >= 0.6 is 0 Å². The maximum Gasteiger partial charge on any atom is 0.127 e. The van der Waals surface area contributed by atoms with Gasteiger partial charge in [-0.15, -0.1) is 0 Å². The van der Waals surface area contributed by atoms with Crippen LogP contribution in [0.25, 0.3) is 11.1 Å². The third-order valence-electron chi connectivity index (χ3n) is 3.25. The molecule has 0 bridgehead atoms. The fourth-order valence-corrected chi connectivity index (χ4v) is 2.20. The quantitative estimate of drug-likeness (QED) is 0.843. The molecular weight excluding hydrogens is 243 g/mol. The highest BCUT2D eigenvalue weighted by Gasteiger charge is 2.14. The summed E-state index contributed by atoms with van der Waals surface area (Å²) in [7, 11) is 0. The standard InChI is InChI=1S/C16H17FO2/c1-9(2)13-7-14(16(19)8-15(13)18)12-5-4-11(17)6-10(12)3/h4-9,18-19H,1-3H3. The van der Waals surface area contributed by atoms with Crippen LogP contribution in [-0.4, -0.2) is 10.2 Å². The minimum atomic E-state index is -0.302. The SMILES string of the molecule is Cc1cc(F)ccc1-c1cc(C(C)C)c(O)cc1O. The average molecular weight is 260 g/mol. The van der Waals surface area contributed by atoms with Crippen LogP contribution in [0.3, 0.4) is 0 Å². The van der Waals surface area contributed by atoms with E-state index in [1.165, 1.54) is 18.2 Å². The smallest absolute Gasteiger partial charge is 0.127 e. The molecule has 0 unspecified atom stereocenters. The second-order valence-electron chi connectivity index (χ2n) is 5.04. The summed E-state index contributed by atoms with van der Waals surface area (Å²) in [5.74, 6) is -0.0867. The third kappa shape index (κ3) is 2.55. The Labute approximate surface area is 112 Å². The number of aryl methyl sites for hydroxylation is 1. The Balaban J connectivity index is 2.64. The van der Waals surface area contributed by atoms with E-state index in [0.717, 1.165) is 16.7 Å². The Kier molecular flexibility index (Phi) is 3.47. The van der Waals surface area contributed by atoms with E-state index in [4.69, 9.17) is 0 Å². The fourth-order valence-electron chi connectivity index (χ4n) is 2.20. The second-order valence-corrected chi connectivity index (χ2v) is 5.04. The number of hydrogen-bond donors (Lipinski definition) is 2. The van der Waals surface area contributed by atoms with E-state index in [-0.39, 0.29) is 23.2 Å². The maximum atomic E-state index is 13.1. The van der Waals surface area contributed by atoms with Crippen LogP contribution in [0, 0.1) is 12.7 Å². The van der Waals surface area contributed by atoms with Crippen LogP contribution in [0.15, 0.2) is 30.3 Å². The molecule has 2 aromatic rings. The molecule has 0 saturated carbocycles. The van der Waals surface area contributed by atoms with Gasteiger partial charge in [-0.2, -0.15) is 0 Å². The van der Waals surface area contributed by atoms with Crippen molar-refractivity contribution in [1.82, 2.24) is 0 Å². The van der Waals surface area contributed by atoms with Crippen LogP contribution in [0.5, 0.6) is 11.5 Å². The highest BCUT2D eigenvalue weighted by molar-refractivity contribution is 5.75. The van der Waals surface area contributed by atoms with Crippen molar-refractivity contribution in [3.05, 3.63) is 47.3 Å². The largest absolute Gasteiger partial charge is 0.508 e. The van der Waals surface area contributed by atoms with Gasteiger partial charge < -0.3 is 10.2 Å². The number of aromatic hydroxyl groups is 2. The molecule has 0 aliphatic rings. The zero-order valence-electron chi connectivity index (χ0n) is 11.2. The van der Waals surface area contributed by atoms with Gasteiger partial charge in [0, 0.05) is 11.6 Å². The first kappa shape index (κ1) is 13.4. The Morgan fingerprint density at radius 1 is 0.947 bits per heavy atom. The van der Waals surface area contributed by atoms with E-state index in [0.29, 0.717) is 5.56 Å². The van der Waals surface area contributed by atoms with E-state index in [1.54, 1.807) is 19.1 Å². The molecule has 2 rings (SSSR count). The maximum absolute atomic E-state index is 13.1. The van der Waals surface area contributed by atoms with Gasteiger partial charge in [0.1, 0.15) is 17.3 Å². The van der Waals surface area contributed by atoms with Crippen molar-refractivity contribution in [2.24, 2.45) is 0 Å². The van der Waals surface area contributed by atoms with Crippen molar-refractivity contribution in [3.63, 3.8) is 0 Å². The van der Waals surface area contributed by atoms with Gasteiger partial charge in [-0.3, -0.25) is 0 Å². The Morgan fingerprint density at radius 2 is 1.63 bits per heavy atom. The molecular formula is C16H17FO2. The Hall–Kier alpha value is -2.03. The molecule has 0 saturated heterocycles. The summed E-state index contributed by atoms with van der Waals surface area (Å²) in [5, 5.41) is 19.8. The summed E-state index contributed by atoms with van der Waals surface area (Å²) in [6, 6.07) is 7.53. The molecule has 0 aliphatic heterocycles. The highest BCUT2D eigenvalue weighted by Crippen LogP contribution is 2.38. The molecule has 0 radical (unpaired) electrons. The molecule has 2 aromatic carbocycles. The van der Waals surface area contributed by atoms with Gasteiger partial charge in [0.05, 0.1) is 0 Å². The van der Waals surface area contributed by atoms with Crippen LogP contribution < -0.4 is 0 Å². The molecule has 2 nitrogen and oxygen atoms in total. The number of halogens is 1. The normalized spacial score (nSPS) is 11.0. The van der Waals surface area contributed by atoms with Crippen LogP contribution in [-0.2, 0) is 0 Å². The number of phenols is 2. The lowest BCUT2D eigenvalue weighted by Gasteiger charge is -2.14. The summed E-state index contributed by atoms with van der Waals surface area (Å²) >= 11 is 0. The van der Waals surface area contributed by atoms with E-state index in [1.807, 2.05) is 13.8 Å². The summed E-state index contributed by atoms with van der Waals surface area (Å²) in [5.41, 5.74) is 2.88. The van der Waals surface area contributed by atoms with E-state index >= 15 is 0 Å². The van der Waals surface area contributed by atoms with Gasteiger partial charge in [0.15, 0.2) is 0 Å². The molecule has 2 N–H and O–H groups in total. The minimum absolute atomic E-state index is 0.00314. The van der Waals surface area contributed by atoms with Crippen molar-refractivity contribution >= 4 is 0 Å². The van der Waals surface area contributed by atoms with Crippen molar-refractivity contribution < 1.29 is 14.6 Å². The lowest BCUT2D eigenvalue weighted by atomic mass is 9.93. The van der Waals surface area contributed by atoms with Crippen molar-refractivity contribution in [2.75, 3.05) is 0 Å². The molecule has 0 atom stereocenters. The summed E-state index contributed by atoms with van der Waals surface area (Å²) in [4.78, 5) is 0. The van der Waals surface area contributed by atoms with Crippen molar-refractivity contribution in [1.29, 1.82) is 0 Å². The highest BCUT2D eigenvalue weighted by atomic mass is 19.1. The van der Waals surface area contributed by atoms with Gasteiger partial charge in [-0.05, 0) is 47.7 Å². The Morgan fingerprint density at radius 3 is 2.21 bits per heavy atom. The third-order valence-corrected chi connectivity index (χ3v) is 3.25. The molecule has 19 heavy (non-hydrogen) atoms. The van der Waals surface area contributed by atoms with Crippen molar-refractivity contribution in [3.8, 4) is 22.6 Å². The van der Waals surface area contributed by atoms with Crippen LogP contribution in [0.2, 0.25) is 0 Å². The molecule has 0 amide bonds. The molecule has 0 spiro atoms. The molecule has 0 aromatic heterocycles. The first-order chi connectivity index (χ1) is 8.90. The summed E-state index contributed by atoms with van der Waals surface area (Å²) < 4.78 is 13.1. The predicted octanol–water partition coefficient (Wildman–Crippen LogP) is 4.34. The van der Waals surface area contributed by atoms with Crippen LogP contribution in [0.4, 0.5) is 4.39 Å². The molecule has 0 fully saturated rings. The topological polar surface area (TPSA) is 40.5 Å². The van der Waals surface area contributed by atoms with E-state index < -0.39 is 0 Å². The monoisotopic (exact) mass is 260 g/mol. The average Bonchev–Trinajstić information content (AvgIpc) is 2.30. The first-order valence-corrected chi connectivity index (χ1v) is 6.22. The zero-order chi connectivity index (χ0) is 14.2. The number of phenolic OH excluding ortho intramolecular Hbond substituents is 2. The summed E-state index contributed by atoms with van der Waals surface area (Å²) in [6.45, 7) is 5.72. The lowest BCUT2D eigenvalue weighted by molar-refractivity contribution is 0.445. The molecule has 3 heteroatoms. The van der Waals surface area contributed by atoms with Crippen LogP contribution in [0.1, 0.15) is 30.9 Å². The van der Waals surface area contributed by atoms with Gasteiger partial charge in [-0.1, -0.05) is 19.9 Å². The van der Waals surface area contributed by atoms with Gasteiger partial charge >= 0.3 is 0 Å².